The van der Waals surface area contributed by atoms with Gasteiger partial charge in [0.1, 0.15) is 24.8 Å². The van der Waals surface area contributed by atoms with Crippen molar-refractivity contribution in [1.29, 1.82) is 0 Å². The number of rotatable bonds is 5. The molecule has 138 valence electrons. The third kappa shape index (κ3) is 4.11. The molecule has 0 bridgehead atoms. The largest absolute Gasteiger partial charge is 0.356 e. The normalized spacial score (nSPS) is 16.9. The van der Waals surface area contributed by atoms with Crippen molar-refractivity contribution in [3.05, 3.63) is 60.9 Å². The average Bonchev–Trinajstić information content (AvgIpc) is 3.28. The Kier molecular flexibility index (Phi) is 5.04. The molecule has 1 aromatic carbocycles. The summed E-state index contributed by atoms with van der Waals surface area (Å²) in [6.45, 7) is 2.07. The SMILES string of the molecule is O=C(NCc1ccccc1)C1CCCN(c2cc(-n3cncn3)ncn2)C1. The number of hydrogen-bond acceptors (Lipinski definition) is 6. The maximum atomic E-state index is 12.6. The molecule has 2 aromatic heterocycles. The van der Waals surface area contributed by atoms with E-state index in [4.69, 9.17) is 0 Å². The van der Waals surface area contributed by atoms with Crippen molar-refractivity contribution in [2.75, 3.05) is 18.0 Å². The molecule has 1 aliphatic heterocycles. The zero-order chi connectivity index (χ0) is 18.5. The van der Waals surface area contributed by atoms with Crippen LogP contribution in [0.4, 0.5) is 5.82 Å². The molecular weight excluding hydrogens is 342 g/mol. The zero-order valence-corrected chi connectivity index (χ0v) is 14.9. The maximum absolute atomic E-state index is 12.6. The van der Waals surface area contributed by atoms with Crippen LogP contribution in [0.3, 0.4) is 0 Å². The lowest BCUT2D eigenvalue weighted by Gasteiger charge is -2.32. The molecule has 1 aliphatic rings. The molecule has 1 N–H and O–H groups in total. The van der Waals surface area contributed by atoms with Gasteiger partial charge < -0.3 is 10.2 Å². The van der Waals surface area contributed by atoms with Gasteiger partial charge in [-0.3, -0.25) is 4.79 Å². The van der Waals surface area contributed by atoms with E-state index in [0.717, 1.165) is 30.8 Å². The van der Waals surface area contributed by atoms with Gasteiger partial charge in [-0.1, -0.05) is 30.3 Å². The fraction of sp³-hybridized carbons (Fsp3) is 0.316. The predicted molar refractivity (Wildman–Crippen MR) is 100 cm³/mol. The predicted octanol–water partition coefficient (Wildman–Crippen LogP) is 1.59. The minimum atomic E-state index is -0.0488. The van der Waals surface area contributed by atoms with Crippen molar-refractivity contribution in [3.63, 3.8) is 0 Å². The van der Waals surface area contributed by atoms with Gasteiger partial charge in [0.2, 0.25) is 5.91 Å². The Bertz CT molecular complexity index is 882. The van der Waals surface area contributed by atoms with Gasteiger partial charge in [0.15, 0.2) is 5.82 Å². The second-order valence-corrected chi connectivity index (χ2v) is 6.56. The van der Waals surface area contributed by atoms with Crippen LogP contribution in [0, 0.1) is 5.92 Å². The Balaban J connectivity index is 1.40. The maximum Gasteiger partial charge on any atom is 0.225 e. The molecular formula is C19H21N7O. The van der Waals surface area contributed by atoms with E-state index in [1.165, 1.54) is 12.7 Å². The van der Waals surface area contributed by atoms with Crippen LogP contribution in [0.5, 0.6) is 0 Å². The Morgan fingerprint density at radius 2 is 2.00 bits per heavy atom. The van der Waals surface area contributed by atoms with E-state index in [-0.39, 0.29) is 11.8 Å². The molecule has 3 aromatic rings. The molecule has 0 saturated carbocycles. The van der Waals surface area contributed by atoms with Gasteiger partial charge >= 0.3 is 0 Å². The standard InChI is InChI=1S/C19H21N7O/c27-19(21-10-15-5-2-1-3-6-15)16-7-4-8-25(11-16)17-9-18(23-13-22-17)26-14-20-12-24-26/h1-3,5-6,9,12-14,16H,4,7-8,10-11H2,(H,21,27). The average molecular weight is 363 g/mol. The first-order valence-electron chi connectivity index (χ1n) is 9.03. The molecule has 1 fully saturated rings. The van der Waals surface area contributed by atoms with Crippen LogP contribution < -0.4 is 10.2 Å². The van der Waals surface area contributed by atoms with Crippen molar-refractivity contribution < 1.29 is 4.79 Å². The Morgan fingerprint density at radius 3 is 2.81 bits per heavy atom. The van der Waals surface area contributed by atoms with Crippen molar-refractivity contribution in [3.8, 4) is 5.82 Å². The van der Waals surface area contributed by atoms with Gasteiger partial charge in [0, 0.05) is 25.7 Å². The summed E-state index contributed by atoms with van der Waals surface area (Å²) in [5.74, 6) is 1.51. The van der Waals surface area contributed by atoms with E-state index in [2.05, 4.69) is 30.3 Å². The van der Waals surface area contributed by atoms with Crippen LogP contribution in [-0.2, 0) is 11.3 Å². The highest BCUT2D eigenvalue weighted by Gasteiger charge is 2.26. The molecule has 8 nitrogen and oxygen atoms in total. The lowest BCUT2D eigenvalue weighted by Crippen LogP contribution is -2.43. The van der Waals surface area contributed by atoms with E-state index in [1.807, 2.05) is 36.4 Å². The highest BCUT2D eigenvalue weighted by molar-refractivity contribution is 5.79. The molecule has 1 unspecified atom stereocenters. The number of piperidine rings is 1. The molecule has 1 saturated heterocycles. The first-order valence-corrected chi connectivity index (χ1v) is 9.03. The van der Waals surface area contributed by atoms with Crippen LogP contribution in [-0.4, -0.2) is 43.7 Å². The molecule has 0 spiro atoms. The van der Waals surface area contributed by atoms with Gasteiger partial charge in [0.05, 0.1) is 5.92 Å². The Labute approximate surface area is 157 Å². The topological polar surface area (TPSA) is 88.8 Å². The number of aromatic nitrogens is 5. The van der Waals surface area contributed by atoms with E-state index in [1.54, 1.807) is 11.0 Å². The number of carbonyl (C=O) groups excluding carboxylic acids is 1. The van der Waals surface area contributed by atoms with E-state index in [0.29, 0.717) is 18.9 Å². The number of carbonyl (C=O) groups is 1. The summed E-state index contributed by atoms with van der Waals surface area (Å²) in [4.78, 5) is 27.3. The number of hydrogen-bond donors (Lipinski definition) is 1. The number of nitrogens with one attached hydrogen (secondary N) is 1. The molecule has 4 rings (SSSR count). The number of benzene rings is 1. The third-order valence-electron chi connectivity index (χ3n) is 4.72. The summed E-state index contributed by atoms with van der Waals surface area (Å²) < 4.78 is 1.60. The monoisotopic (exact) mass is 363 g/mol. The Hall–Kier alpha value is -3.29. The second-order valence-electron chi connectivity index (χ2n) is 6.56. The number of nitrogens with zero attached hydrogens (tertiary/aromatic N) is 6. The van der Waals surface area contributed by atoms with Crippen LogP contribution in [0.25, 0.3) is 5.82 Å². The lowest BCUT2D eigenvalue weighted by molar-refractivity contribution is -0.125. The highest BCUT2D eigenvalue weighted by Crippen LogP contribution is 2.22. The molecule has 0 aliphatic carbocycles. The van der Waals surface area contributed by atoms with E-state index < -0.39 is 0 Å². The minimum Gasteiger partial charge on any atom is -0.356 e. The van der Waals surface area contributed by atoms with Crippen molar-refractivity contribution >= 4 is 11.7 Å². The summed E-state index contributed by atoms with van der Waals surface area (Å²) in [5.41, 5.74) is 1.10. The summed E-state index contributed by atoms with van der Waals surface area (Å²) in [6.07, 6.45) is 6.42. The molecule has 8 heteroatoms. The van der Waals surface area contributed by atoms with Gasteiger partial charge in [-0.05, 0) is 18.4 Å². The molecule has 0 radical (unpaired) electrons. The van der Waals surface area contributed by atoms with Crippen molar-refractivity contribution in [2.24, 2.45) is 5.92 Å². The van der Waals surface area contributed by atoms with Crippen LogP contribution in [0.15, 0.2) is 55.4 Å². The van der Waals surface area contributed by atoms with Crippen molar-refractivity contribution in [2.45, 2.75) is 19.4 Å². The molecule has 1 atom stereocenters. The summed E-state index contributed by atoms with van der Waals surface area (Å²) in [7, 11) is 0. The highest BCUT2D eigenvalue weighted by atomic mass is 16.1. The number of amides is 1. The summed E-state index contributed by atoms with van der Waals surface area (Å²) in [6, 6.07) is 11.8. The second kappa shape index (κ2) is 7.94. The fourth-order valence-electron chi connectivity index (χ4n) is 3.29. The fourth-order valence-corrected chi connectivity index (χ4v) is 3.29. The smallest absolute Gasteiger partial charge is 0.225 e. The summed E-state index contributed by atoms with van der Waals surface area (Å²) in [5, 5.41) is 7.16. The summed E-state index contributed by atoms with van der Waals surface area (Å²) >= 11 is 0. The minimum absolute atomic E-state index is 0.0488. The third-order valence-corrected chi connectivity index (χ3v) is 4.72. The molecule has 1 amide bonds. The van der Waals surface area contributed by atoms with Gasteiger partial charge in [-0.15, -0.1) is 0 Å². The lowest BCUT2D eigenvalue weighted by atomic mass is 9.97. The van der Waals surface area contributed by atoms with E-state index >= 15 is 0 Å². The molecule has 27 heavy (non-hydrogen) atoms. The van der Waals surface area contributed by atoms with Crippen LogP contribution >= 0.6 is 0 Å². The van der Waals surface area contributed by atoms with Crippen LogP contribution in [0.1, 0.15) is 18.4 Å². The quantitative estimate of drug-likeness (QED) is 0.741. The first-order chi connectivity index (χ1) is 13.3. The van der Waals surface area contributed by atoms with Crippen molar-refractivity contribution in [1.82, 2.24) is 30.0 Å². The van der Waals surface area contributed by atoms with E-state index in [9.17, 15) is 4.79 Å². The van der Waals surface area contributed by atoms with Gasteiger partial charge in [0.25, 0.3) is 0 Å². The molecule has 3 heterocycles. The first kappa shape index (κ1) is 17.1. The van der Waals surface area contributed by atoms with Gasteiger partial charge in [-0.2, -0.15) is 5.10 Å². The zero-order valence-electron chi connectivity index (χ0n) is 14.9. The number of anilines is 1. The van der Waals surface area contributed by atoms with Crippen LogP contribution in [0.2, 0.25) is 0 Å². The van der Waals surface area contributed by atoms with Gasteiger partial charge in [-0.25, -0.2) is 19.6 Å². The Morgan fingerprint density at radius 1 is 1.15 bits per heavy atom.